The summed E-state index contributed by atoms with van der Waals surface area (Å²) in [5, 5.41) is 27.3. The zero-order valence-electron chi connectivity index (χ0n) is 7.40. The minimum atomic E-state index is -3.73. The maximum absolute atomic E-state index is 10.7. The highest BCUT2D eigenvalue weighted by Gasteiger charge is 2.39. The summed E-state index contributed by atoms with van der Waals surface area (Å²) in [5.74, 6) is 0. The molecule has 14 heavy (non-hydrogen) atoms. The van der Waals surface area contributed by atoms with E-state index in [1.165, 1.54) is 0 Å². The first kappa shape index (κ1) is 11.8. The summed E-state index contributed by atoms with van der Waals surface area (Å²) >= 11 is 0. The van der Waals surface area contributed by atoms with Crippen LogP contribution in [0.1, 0.15) is 0 Å². The van der Waals surface area contributed by atoms with Crippen LogP contribution in [-0.2, 0) is 19.0 Å². The molecule has 8 heteroatoms. The number of aliphatic hydroxyl groups is 3. The number of aliphatic hydroxyl groups excluding tert-OH is 3. The molecule has 0 spiro atoms. The molecule has 1 aliphatic rings. The highest BCUT2D eigenvalue weighted by atomic mass is 32.2. The van der Waals surface area contributed by atoms with Crippen LogP contribution < -0.4 is 0 Å². The van der Waals surface area contributed by atoms with Crippen LogP contribution in [0, 0.1) is 0 Å². The van der Waals surface area contributed by atoms with E-state index in [1.54, 1.807) is 0 Å². The molecule has 3 N–H and O–H groups in total. The van der Waals surface area contributed by atoms with Gasteiger partial charge in [-0.05, 0) is 0 Å². The van der Waals surface area contributed by atoms with Gasteiger partial charge < -0.3 is 20.1 Å². The van der Waals surface area contributed by atoms with Crippen molar-refractivity contribution in [1.82, 2.24) is 0 Å². The van der Waals surface area contributed by atoms with Gasteiger partial charge >= 0.3 is 0 Å². The van der Waals surface area contributed by atoms with Gasteiger partial charge in [-0.3, -0.25) is 4.18 Å². The van der Waals surface area contributed by atoms with Gasteiger partial charge in [0.25, 0.3) is 10.1 Å². The third-order valence-corrected chi connectivity index (χ3v) is 2.35. The molecule has 4 atom stereocenters. The summed E-state index contributed by atoms with van der Waals surface area (Å²) < 4.78 is 30.4. The fourth-order valence-electron chi connectivity index (χ4n) is 1.09. The molecule has 1 fully saturated rings. The lowest BCUT2D eigenvalue weighted by Gasteiger charge is -2.33. The fraction of sp³-hybridized carbons (Fsp3) is 1.00. The summed E-state index contributed by atoms with van der Waals surface area (Å²) in [5.41, 5.74) is 0. The predicted octanol–water partition coefficient (Wildman–Crippen LogP) is -2.60. The van der Waals surface area contributed by atoms with E-state index >= 15 is 0 Å². The summed E-state index contributed by atoms with van der Waals surface area (Å²) in [7, 11) is -3.73. The molecule has 0 bridgehead atoms. The molecule has 1 aliphatic heterocycles. The van der Waals surface area contributed by atoms with E-state index in [0.29, 0.717) is 0 Å². The molecule has 84 valence electrons. The van der Waals surface area contributed by atoms with E-state index in [2.05, 4.69) is 8.92 Å². The van der Waals surface area contributed by atoms with E-state index in [9.17, 15) is 13.5 Å². The van der Waals surface area contributed by atoms with Crippen molar-refractivity contribution in [1.29, 1.82) is 0 Å². The summed E-state index contributed by atoms with van der Waals surface area (Å²) in [6, 6.07) is 0. The number of hydrogen-bond donors (Lipinski definition) is 3. The van der Waals surface area contributed by atoms with Gasteiger partial charge in [0.05, 0.1) is 12.9 Å². The molecular weight excluding hydrogens is 216 g/mol. The Hall–Kier alpha value is -0.250. The Morgan fingerprint density at radius 2 is 1.86 bits per heavy atom. The lowest BCUT2D eigenvalue weighted by molar-refractivity contribution is -0.247. The second-order valence-electron chi connectivity index (χ2n) is 3.04. The van der Waals surface area contributed by atoms with Crippen molar-refractivity contribution < 1.29 is 32.7 Å². The normalized spacial score (nSPS) is 39.7. The second kappa shape index (κ2) is 4.09. The lowest BCUT2D eigenvalue weighted by atomic mass is 10.1. The van der Waals surface area contributed by atoms with Gasteiger partial charge in [0, 0.05) is 0 Å². The molecule has 0 aromatic rings. The van der Waals surface area contributed by atoms with Crippen LogP contribution in [0.5, 0.6) is 0 Å². The lowest BCUT2D eigenvalue weighted by Crippen LogP contribution is -2.54. The van der Waals surface area contributed by atoms with Crippen molar-refractivity contribution in [2.75, 3.05) is 12.9 Å². The zero-order chi connectivity index (χ0) is 10.9. The van der Waals surface area contributed by atoms with Crippen molar-refractivity contribution in [3.63, 3.8) is 0 Å². The SMILES string of the molecule is CS(=O)(=O)O[C@@H]1CO[C@H](O)[C@H](O)[C@@H]1O. The first-order valence-electron chi connectivity index (χ1n) is 3.85. The van der Waals surface area contributed by atoms with Crippen LogP contribution in [0.15, 0.2) is 0 Å². The van der Waals surface area contributed by atoms with Gasteiger partial charge in [-0.2, -0.15) is 8.42 Å². The summed E-state index contributed by atoms with van der Waals surface area (Å²) in [6.45, 7) is -0.299. The Balaban J connectivity index is 2.64. The Kier molecular flexibility index (Phi) is 3.45. The van der Waals surface area contributed by atoms with Crippen molar-refractivity contribution in [3.8, 4) is 0 Å². The predicted molar refractivity (Wildman–Crippen MR) is 43.7 cm³/mol. The van der Waals surface area contributed by atoms with Gasteiger partial charge in [0.1, 0.15) is 18.3 Å². The van der Waals surface area contributed by atoms with Crippen molar-refractivity contribution in [3.05, 3.63) is 0 Å². The highest BCUT2D eigenvalue weighted by Crippen LogP contribution is 2.17. The van der Waals surface area contributed by atoms with Gasteiger partial charge in [-0.1, -0.05) is 0 Å². The molecular formula is C6H12O7S. The zero-order valence-corrected chi connectivity index (χ0v) is 8.22. The first-order valence-corrected chi connectivity index (χ1v) is 5.67. The number of ether oxygens (including phenoxy) is 1. The van der Waals surface area contributed by atoms with E-state index < -0.39 is 34.7 Å². The molecule has 0 unspecified atom stereocenters. The molecule has 0 aromatic heterocycles. The summed E-state index contributed by atoms with van der Waals surface area (Å²) in [4.78, 5) is 0. The van der Waals surface area contributed by atoms with Gasteiger partial charge in [0.2, 0.25) is 0 Å². The third-order valence-electron chi connectivity index (χ3n) is 1.75. The molecule has 0 radical (unpaired) electrons. The first-order chi connectivity index (χ1) is 6.31. The van der Waals surface area contributed by atoms with Gasteiger partial charge in [0.15, 0.2) is 6.29 Å². The molecule has 1 heterocycles. The molecule has 0 aliphatic carbocycles. The number of hydrogen-bond acceptors (Lipinski definition) is 7. The Bertz CT molecular complexity index is 287. The highest BCUT2D eigenvalue weighted by molar-refractivity contribution is 7.86. The smallest absolute Gasteiger partial charge is 0.264 e. The maximum atomic E-state index is 10.7. The molecule has 0 amide bonds. The molecule has 1 rings (SSSR count). The Morgan fingerprint density at radius 1 is 1.29 bits per heavy atom. The van der Waals surface area contributed by atoms with Crippen LogP contribution in [0.25, 0.3) is 0 Å². The molecule has 0 saturated carbocycles. The maximum Gasteiger partial charge on any atom is 0.264 e. The number of rotatable bonds is 2. The second-order valence-corrected chi connectivity index (χ2v) is 4.64. The van der Waals surface area contributed by atoms with Crippen molar-refractivity contribution >= 4 is 10.1 Å². The molecule has 1 saturated heterocycles. The minimum absolute atomic E-state index is 0.299. The van der Waals surface area contributed by atoms with E-state index in [4.69, 9.17) is 10.2 Å². The van der Waals surface area contributed by atoms with E-state index in [-0.39, 0.29) is 6.61 Å². The van der Waals surface area contributed by atoms with Crippen LogP contribution in [-0.4, -0.2) is 61.2 Å². The van der Waals surface area contributed by atoms with Crippen LogP contribution in [0.3, 0.4) is 0 Å². The van der Waals surface area contributed by atoms with Gasteiger partial charge in [-0.25, -0.2) is 0 Å². The quantitative estimate of drug-likeness (QED) is 0.444. The standard InChI is InChI=1S/C6H12O7S/c1-14(10,11)13-3-2-12-6(9)5(8)4(3)7/h3-9H,2H2,1H3/t3-,4-,5-,6+/m1/s1. The van der Waals surface area contributed by atoms with Crippen molar-refractivity contribution in [2.24, 2.45) is 0 Å². The topological polar surface area (TPSA) is 113 Å². The van der Waals surface area contributed by atoms with Crippen LogP contribution >= 0.6 is 0 Å². The molecule has 7 nitrogen and oxygen atoms in total. The summed E-state index contributed by atoms with van der Waals surface area (Å²) in [6.07, 6.45) is -4.96. The Morgan fingerprint density at radius 3 is 2.36 bits per heavy atom. The average Bonchev–Trinajstić information content (AvgIpc) is 2.04. The fourth-order valence-corrected chi connectivity index (χ4v) is 1.71. The largest absolute Gasteiger partial charge is 0.387 e. The van der Waals surface area contributed by atoms with E-state index in [1.807, 2.05) is 0 Å². The average molecular weight is 228 g/mol. The monoisotopic (exact) mass is 228 g/mol. The third kappa shape index (κ3) is 2.87. The molecule has 0 aromatic carbocycles. The van der Waals surface area contributed by atoms with Crippen LogP contribution in [0.2, 0.25) is 0 Å². The van der Waals surface area contributed by atoms with Crippen molar-refractivity contribution in [2.45, 2.75) is 24.6 Å². The Labute approximate surface area is 81.0 Å². The van der Waals surface area contributed by atoms with Crippen LogP contribution in [0.4, 0.5) is 0 Å². The van der Waals surface area contributed by atoms with Gasteiger partial charge in [-0.15, -0.1) is 0 Å². The van der Waals surface area contributed by atoms with E-state index in [0.717, 1.165) is 6.26 Å². The minimum Gasteiger partial charge on any atom is -0.387 e.